The molecule has 0 aliphatic heterocycles. The normalized spacial score (nSPS) is 10.1. The van der Waals surface area contributed by atoms with E-state index in [1.54, 1.807) is 0 Å². The highest BCUT2D eigenvalue weighted by Crippen LogP contribution is 2.20. The van der Waals surface area contributed by atoms with Crippen LogP contribution in [0.2, 0.25) is 0 Å². The third-order valence-corrected chi connectivity index (χ3v) is 3.77. The number of hydrogen-bond acceptors (Lipinski definition) is 4. The minimum Gasteiger partial charge on any atom is -0.455 e. The van der Waals surface area contributed by atoms with E-state index in [4.69, 9.17) is 20.0 Å². The van der Waals surface area contributed by atoms with Crippen LogP contribution < -0.4 is 9.47 Å². The second-order valence-corrected chi connectivity index (χ2v) is 5.68. The minimum atomic E-state index is -0.366. The second kappa shape index (κ2) is 10.0. The van der Waals surface area contributed by atoms with Crippen molar-refractivity contribution in [3.63, 3.8) is 0 Å². The van der Waals surface area contributed by atoms with Gasteiger partial charge in [-0.3, -0.25) is 0 Å². The largest absolute Gasteiger partial charge is 0.455 e. The van der Waals surface area contributed by atoms with E-state index in [9.17, 15) is 0 Å². The summed E-state index contributed by atoms with van der Waals surface area (Å²) in [6, 6.07) is 19.8. The molecule has 0 saturated carbocycles. The molecule has 0 aliphatic carbocycles. The highest BCUT2D eigenvalue weighted by atomic mass is 16.7. The van der Waals surface area contributed by atoms with Crippen LogP contribution in [0.25, 0.3) is 0 Å². The van der Waals surface area contributed by atoms with Crippen molar-refractivity contribution in [2.75, 3.05) is 0 Å². The van der Waals surface area contributed by atoms with Gasteiger partial charge in [0.2, 0.25) is 6.29 Å². The first-order chi connectivity index (χ1) is 12.2. The summed E-state index contributed by atoms with van der Waals surface area (Å²) in [7, 11) is 0. The Morgan fingerprint density at radius 1 is 0.760 bits per heavy atom. The Hall–Kier alpha value is -2.98. The van der Waals surface area contributed by atoms with Crippen LogP contribution in [0.1, 0.15) is 37.3 Å². The zero-order valence-electron chi connectivity index (χ0n) is 14.4. The summed E-state index contributed by atoms with van der Waals surface area (Å²) < 4.78 is 11.8. The Morgan fingerprint density at radius 2 is 1.16 bits per heavy atom. The van der Waals surface area contributed by atoms with Crippen molar-refractivity contribution in [1.82, 2.24) is 0 Å². The molecule has 128 valence electrons. The number of rotatable bonds is 9. The molecule has 4 heteroatoms. The maximum Gasteiger partial charge on any atom is 0.240 e. The maximum absolute atomic E-state index is 8.63. The fourth-order valence-corrected chi connectivity index (χ4v) is 2.36. The lowest BCUT2D eigenvalue weighted by molar-refractivity contribution is 0.00328. The molecule has 4 nitrogen and oxygen atoms in total. The number of hydrogen-bond donors (Lipinski definition) is 0. The molecule has 0 spiro atoms. The molecule has 0 aliphatic rings. The van der Waals surface area contributed by atoms with Gasteiger partial charge in [0.1, 0.15) is 11.5 Å². The maximum atomic E-state index is 8.63. The summed E-state index contributed by atoms with van der Waals surface area (Å²) in [6.45, 7) is 2.01. The number of nitriles is 2. The quantitative estimate of drug-likeness (QED) is 0.618. The van der Waals surface area contributed by atoms with E-state index < -0.39 is 0 Å². The Kier molecular flexibility index (Phi) is 7.35. The average Bonchev–Trinajstić information content (AvgIpc) is 2.66. The van der Waals surface area contributed by atoms with Crippen LogP contribution in [0.4, 0.5) is 0 Å². The van der Waals surface area contributed by atoms with Gasteiger partial charge in [-0.25, -0.2) is 0 Å². The molecule has 0 amide bonds. The van der Waals surface area contributed by atoms with E-state index in [0.717, 1.165) is 35.5 Å². The summed E-state index contributed by atoms with van der Waals surface area (Å²) in [5.41, 5.74) is 2.24. The minimum absolute atomic E-state index is 0.366. The zero-order chi connectivity index (χ0) is 17.9. The Bertz CT molecular complexity index is 661. The summed E-state index contributed by atoms with van der Waals surface area (Å²) in [5, 5.41) is 17.3. The van der Waals surface area contributed by atoms with Gasteiger partial charge in [-0.1, -0.05) is 31.2 Å². The third kappa shape index (κ3) is 6.20. The third-order valence-electron chi connectivity index (χ3n) is 3.77. The molecule has 25 heavy (non-hydrogen) atoms. The second-order valence-electron chi connectivity index (χ2n) is 5.68. The lowest BCUT2D eigenvalue weighted by Gasteiger charge is -2.19. The summed E-state index contributed by atoms with van der Waals surface area (Å²) in [4.78, 5) is 0. The van der Waals surface area contributed by atoms with Crippen molar-refractivity contribution < 1.29 is 9.47 Å². The van der Waals surface area contributed by atoms with E-state index in [-0.39, 0.29) is 6.29 Å². The van der Waals surface area contributed by atoms with Crippen molar-refractivity contribution in [3.05, 3.63) is 59.7 Å². The lowest BCUT2D eigenvalue weighted by Crippen LogP contribution is -2.22. The molecule has 2 aromatic rings. The summed E-state index contributed by atoms with van der Waals surface area (Å²) in [5.74, 6) is 1.50. The molecule has 0 fully saturated rings. The first-order valence-electron chi connectivity index (χ1n) is 8.50. The molecule has 0 radical (unpaired) electrons. The van der Waals surface area contributed by atoms with Gasteiger partial charge < -0.3 is 9.47 Å². The first kappa shape index (κ1) is 18.4. The topological polar surface area (TPSA) is 66.0 Å². The van der Waals surface area contributed by atoms with Crippen molar-refractivity contribution in [2.45, 2.75) is 45.3 Å². The van der Waals surface area contributed by atoms with Crippen molar-refractivity contribution in [1.29, 1.82) is 10.5 Å². The fourth-order valence-electron chi connectivity index (χ4n) is 2.36. The zero-order valence-corrected chi connectivity index (χ0v) is 14.4. The van der Waals surface area contributed by atoms with Gasteiger partial charge in [0.05, 0.1) is 12.1 Å². The number of benzene rings is 2. The first-order valence-corrected chi connectivity index (χ1v) is 8.50. The van der Waals surface area contributed by atoms with Crippen LogP contribution in [0.5, 0.6) is 11.5 Å². The van der Waals surface area contributed by atoms with E-state index in [0.29, 0.717) is 19.3 Å². The molecule has 0 N–H and O–H groups in total. The van der Waals surface area contributed by atoms with Crippen LogP contribution in [-0.4, -0.2) is 6.29 Å². The summed E-state index contributed by atoms with van der Waals surface area (Å²) >= 11 is 0. The van der Waals surface area contributed by atoms with Gasteiger partial charge in [-0.15, -0.1) is 0 Å². The molecule has 0 bridgehead atoms. The molecule has 2 rings (SSSR count). The van der Waals surface area contributed by atoms with Gasteiger partial charge >= 0.3 is 0 Å². The van der Waals surface area contributed by atoms with Crippen LogP contribution >= 0.6 is 0 Å². The van der Waals surface area contributed by atoms with E-state index in [1.807, 2.05) is 55.5 Å². The van der Waals surface area contributed by atoms with Crippen LogP contribution in [0.3, 0.4) is 0 Å². The molecular formula is C21H22N2O2. The smallest absolute Gasteiger partial charge is 0.240 e. The predicted octanol–water partition coefficient (Wildman–Crippen LogP) is 4.79. The Morgan fingerprint density at radius 3 is 1.48 bits per heavy atom. The number of ether oxygens (including phenoxy) is 2. The number of nitrogens with zero attached hydrogens (tertiary/aromatic N) is 2. The van der Waals surface area contributed by atoms with Gasteiger partial charge in [0.15, 0.2) is 0 Å². The van der Waals surface area contributed by atoms with Gasteiger partial charge in [0, 0.05) is 19.3 Å². The lowest BCUT2D eigenvalue weighted by atomic mass is 10.1. The SMILES string of the molecule is CCC(Oc1ccc(CCC#N)cc1)Oc1ccc(CCC#N)cc1. The highest BCUT2D eigenvalue weighted by molar-refractivity contribution is 5.29. The monoisotopic (exact) mass is 334 g/mol. The standard InChI is InChI=1S/C21H22N2O2/c1-2-21(24-19-11-7-17(8-12-19)5-3-15-22)25-20-13-9-18(10-14-20)6-4-16-23/h7-14,21H,2-6H2,1H3. The Balaban J connectivity index is 1.91. The van der Waals surface area contributed by atoms with Crippen LogP contribution in [0.15, 0.2) is 48.5 Å². The van der Waals surface area contributed by atoms with Crippen molar-refractivity contribution in [2.24, 2.45) is 0 Å². The predicted molar refractivity (Wildman–Crippen MR) is 96.1 cm³/mol. The Labute approximate surface area is 149 Å². The molecule has 0 heterocycles. The number of aryl methyl sites for hydroxylation is 2. The summed E-state index contributed by atoms with van der Waals surface area (Å²) in [6.07, 6.45) is 2.89. The van der Waals surface area contributed by atoms with E-state index >= 15 is 0 Å². The molecular weight excluding hydrogens is 312 g/mol. The molecule has 0 unspecified atom stereocenters. The van der Waals surface area contributed by atoms with Gasteiger partial charge in [-0.2, -0.15) is 10.5 Å². The van der Waals surface area contributed by atoms with Gasteiger partial charge in [-0.05, 0) is 48.2 Å². The van der Waals surface area contributed by atoms with Gasteiger partial charge in [0.25, 0.3) is 0 Å². The van der Waals surface area contributed by atoms with Crippen LogP contribution in [0, 0.1) is 22.7 Å². The molecule has 2 aromatic carbocycles. The average molecular weight is 334 g/mol. The molecule has 0 atom stereocenters. The van der Waals surface area contributed by atoms with Crippen molar-refractivity contribution in [3.8, 4) is 23.6 Å². The highest BCUT2D eigenvalue weighted by Gasteiger charge is 2.10. The van der Waals surface area contributed by atoms with Crippen molar-refractivity contribution >= 4 is 0 Å². The van der Waals surface area contributed by atoms with E-state index in [2.05, 4.69) is 12.1 Å². The molecule has 0 aromatic heterocycles. The van der Waals surface area contributed by atoms with Crippen LogP contribution in [-0.2, 0) is 12.8 Å². The fraction of sp³-hybridized carbons (Fsp3) is 0.333. The van der Waals surface area contributed by atoms with E-state index in [1.165, 1.54) is 0 Å². The molecule has 0 saturated heterocycles.